The lowest BCUT2D eigenvalue weighted by Crippen LogP contribution is -2.41. The average molecular weight is 238 g/mol. The SMILES string of the molecule is Cc1[nH]ccc1C(=O)NC(CC(C)C)C(=O)O. The van der Waals surface area contributed by atoms with Gasteiger partial charge in [0.05, 0.1) is 5.56 Å². The molecule has 0 aliphatic rings. The van der Waals surface area contributed by atoms with Crippen LogP contribution in [0.3, 0.4) is 0 Å². The highest BCUT2D eigenvalue weighted by atomic mass is 16.4. The van der Waals surface area contributed by atoms with Crippen molar-refractivity contribution in [3.8, 4) is 0 Å². The number of carbonyl (C=O) groups excluding carboxylic acids is 1. The van der Waals surface area contributed by atoms with Gasteiger partial charge in [-0.05, 0) is 25.3 Å². The summed E-state index contributed by atoms with van der Waals surface area (Å²) in [4.78, 5) is 25.7. The number of hydrogen-bond acceptors (Lipinski definition) is 2. The van der Waals surface area contributed by atoms with Crippen molar-refractivity contribution in [3.63, 3.8) is 0 Å². The normalized spacial score (nSPS) is 12.5. The number of aromatic nitrogens is 1. The molecule has 1 rings (SSSR count). The van der Waals surface area contributed by atoms with E-state index >= 15 is 0 Å². The molecule has 0 saturated heterocycles. The number of carbonyl (C=O) groups is 2. The molecular weight excluding hydrogens is 220 g/mol. The molecule has 0 aliphatic heterocycles. The van der Waals surface area contributed by atoms with Crippen LogP contribution in [0.25, 0.3) is 0 Å². The summed E-state index contributed by atoms with van der Waals surface area (Å²) in [5.41, 5.74) is 1.22. The number of amides is 1. The van der Waals surface area contributed by atoms with Crippen molar-refractivity contribution in [3.05, 3.63) is 23.5 Å². The van der Waals surface area contributed by atoms with E-state index in [2.05, 4.69) is 10.3 Å². The van der Waals surface area contributed by atoms with Crippen LogP contribution < -0.4 is 5.32 Å². The molecule has 0 aliphatic carbocycles. The second-order valence-corrected chi connectivity index (χ2v) is 4.51. The summed E-state index contributed by atoms with van der Waals surface area (Å²) in [6.45, 7) is 5.61. The minimum absolute atomic E-state index is 0.212. The van der Waals surface area contributed by atoms with E-state index in [9.17, 15) is 9.59 Å². The van der Waals surface area contributed by atoms with E-state index in [1.807, 2.05) is 13.8 Å². The Hall–Kier alpha value is -1.78. The zero-order valence-corrected chi connectivity index (χ0v) is 10.3. The summed E-state index contributed by atoms with van der Waals surface area (Å²) in [5.74, 6) is -1.14. The summed E-state index contributed by atoms with van der Waals surface area (Å²) in [7, 11) is 0. The lowest BCUT2D eigenvalue weighted by molar-refractivity contribution is -0.139. The van der Waals surface area contributed by atoms with Crippen molar-refractivity contribution < 1.29 is 14.7 Å². The van der Waals surface area contributed by atoms with Crippen LogP contribution in [0.5, 0.6) is 0 Å². The molecular formula is C12H18N2O3. The molecule has 1 aromatic heterocycles. The second kappa shape index (κ2) is 5.52. The lowest BCUT2D eigenvalue weighted by Gasteiger charge is -2.16. The van der Waals surface area contributed by atoms with Crippen molar-refractivity contribution in [1.82, 2.24) is 10.3 Å². The molecule has 5 heteroatoms. The standard InChI is InChI=1S/C12H18N2O3/c1-7(2)6-10(12(16)17)14-11(15)9-4-5-13-8(9)3/h4-5,7,10,13H,6H2,1-3H3,(H,14,15)(H,16,17). The van der Waals surface area contributed by atoms with Crippen molar-refractivity contribution in [2.75, 3.05) is 0 Å². The molecule has 3 N–H and O–H groups in total. The predicted octanol–water partition coefficient (Wildman–Crippen LogP) is 1.55. The minimum atomic E-state index is -1.000. The zero-order valence-electron chi connectivity index (χ0n) is 10.3. The topological polar surface area (TPSA) is 82.2 Å². The van der Waals surface area contributed by atoms with Crippen LogP contribution in [0.2, 0.25) is 0 Å². The van der Waals surface area contributed by atoms with Crippen LogP contribution >= 0.6 is 0 Å². The number of nitrogens with one attached hydrogen (secondary N) is 2. The van der Waals surface area contributed by atoms with Gasteiger partial charge in [0.15, 0.2) is 0 Å². The van der Waals surface area contributed by atoms with Gasteiger partial charge in [0.2, 0.25) is 0 Å². The van der Waals surface area contributed by atoms with Crippen LogP contribution in [0.1, 0.15) is 36.3 Å². The molecule has 0 saturated carbocycles. The maximum atomic E-state index is 11.8. The highest BCUT2D eigenvalue weighted by molar-refractivity contribution is 5.97. The van der Waals surface area contributed by atoms with Gasteiger partial charge in [-0.2, -0.15) is 0 Å². The molecule has 0 spiro atoms. The van der Waals surface area contributed by atoms with E-state index in [0.717, 1.165) is 5.69 Å². The number of aliphatic carboxylic acids is 1. The first-order chi connectivity index (χ1) is 7.91. The van der Waals surface area contributed by atoms with E-state index in [0.29, 0.717) is 12.0 Å². The van der Waals surface area contributed by atoms with E-state index < -0.39 is 12.0 Å². The van der Waals surface area contributed by atoms with Crippen molar-refractivity contribution >= 4 is 11.9 Å². The average Bonchev–Trinajstić information content (AvgIpc) is 2.62. The molecule has 1 heterocycles. The molecule has 17 heavy (non-hydrogen) atoms. The fraction of sp³-hybridized carbons (Fsp3) is 0.500. The van der Waals surface area contributed by atoms with Gasteiger partial charge in [0.25, 0.3) is 5.91 Å². The number of carboxylic acids is 1. The Kier molecular flexibility index (Phi) is 4.31. The number of H-pyrrole nitrogens is 1. The van der Waals surface area contributed by atoms with Gasteiger partial charge in [-0.1, -0.05) is 13.8 Å². The number of carboxylic acid groups (broad SMARTS) is 1. The first kappa shape index (κ1) is 13.3. The van der Waals surface area contributed by atoms with Gasteiger partial charge in [-0.15, -0.1) is 0 Å². The third kappa shape index (κ3) is 3.62. The number of aryl methyl sites for hydroxylation is 1. The highest BCUT2D eigenvalue weighted by Crippen LogP contribution is 2.08. The van der Waals surface area contributed by atoms with E-state index in [1.165, 1.54) is 0 Å². The van der Waals surface area contributed by atoms with Gasteiger partial charge in [0.1, 0.15) is 6.04 Å². The van der Waals surface area contributed by atoms with E-state index in [-0.39, 0.29) is 11.8 Å². The van der Waals surface area contributed by atoms with Gasteiger partial charge in [-0.25, -0.2) is 4.79 Å². The molecule has 0 fully saturated rings. The zero-order chi connectivity index (χ0) is 13.0. The molecule has 5 nitrogen and oxygen atoms in total. The highest BCUT2D eigenvalue weighted by Gasteiger charge is 2.22. The molecule has 0 radical (unpaired) electrons. The summed E-state index contributed by atoms with van der Waals surface area (Å²) >= 11 is 0. The molecule has 1 atom stereocenters. The third-order valence-electron chi connectivity index (χ3n) is 2.51. The second-order valence-electron chi connectivity index (χ2n) is 4.51. The summed E-state index contributed by atoms with van der Waals surface area (Å²) < 4.78 is 0. The van der Waals surface area contributed by atoms with Gasteiger partial charge in [-0.3, -0.25) is 4.79 Å². The third-order valence-corrected chi connectivity index (χ3v) is 2.51. The largest absolute Gasteiger partial charge is 0.480 e. The van der Waals surface area contributed by atoms with Crippen molar-refractivity contribution in [2.45, 2.75) is 33.2 Å². The number of aromatic amines is 1. The molecule has 1 aromatic rings. The van der Waals surface area contributed by atoms with Crippen LogP contribution in [-0.2, 0) is 4.79 Å². The first-order valence-electron chi connectivity index (χ1n) is 5.59. The molecule has 94 valence electrons. The predicted molar refractivity (Wildman–Crippen MR) is 63.9 cm³/mol. The Bertz CT molecular complexity index is 410. The summed E-state index contributed by atoms with van der Waals surface area (Å²) in [6, 6.07) is 0.802. The van der Waals surface area contributed by atoms with E-state index in [1.54, 1.807) is 19.2 Å². The maximum absolute atomic E-state index is 11.8. The fourth-order valence-electron chi connectivity index (χ4n) is 1.63. The van der Waals surface area contributed by atoms with Gasteiger partial charge < -0.3 is 15.4 Å². The van der Waals surface area contributed by atoms with Crippen LogP contribution in [-0.4, -0.2) is 28.0 Å². The molecule has 0 bridgehead atoms. The summed E-state index contributed by atoms with van der Waals surface area (Å²) in [5, 5.41) is 11.5. The van der Waals surface area contributed by atoms with Crippen molar-refractivity contribution in [1.29, 1.82) is 0 Å². The van der Waals surface area contributed by atoms with Gasteiger partial charge >= 0.3 is 5.97 Å². The Morgan fingerprint density at radius 1 is 1.47 bits per heavy atom. The van der Waals surface area contributed by atoms with Crippen LogP contribution in [0, 0.1) is 12.8 Å². The minimum Gasteiger partial charge on any atom is -0.480 e. The monoisotopic (exact) mass is 238 g/mol. The summed E-state index contributed by atoms with van der Waals surface area (Å²) in [6.07, 6.45) is 2.08. The van der Waals surface area contributed by atoms with Gasteiger partial charge in [0, 0.05) is 11.9 Å². The van der Waals surface area contributed by atoms with Crippen molar-refractivity contribution in [2.24, 2.45) is 5.92 Å². The van der Waals surface area contributed by atoms with E-state index in [4.69, 9.17) is 5.11 Å². The lowest BCUT2D eigenvalue weighted by atomic mass is 10.0. The quantitative estimate of drug-likeness (QED) is 0.728. The van der Waals surface area contributed by atoms with Crippen LogP contribution in [0.4, 0.5) is 0 Å². The molecule has 1 amide bonds. The first-order valence-corrected chi connectivity index (χ1v) is 5.59. The molecule has 0 aromatic carbocycles. The Morgan fingerprint density at radius 2 is 2.12 bits per heavy atom. The molecule has 1 unspecified atom stereocenters. The Morgan fingerprint density at radius 3 is 2.53 bits per heavy atom. The number of rotatable bonds is 5. The smallest absolute Gasteiger partial charge is 0.326 e. The van der Waals surface area contributed by atoms with Crippen LogP contribution in [0.15, 0.2) is 12.3 Å². The Balaban J connectivity index is 2.71. The maximum Gasteiger partial charge on any atom is 0.326 e. The Labute approximate surface area is 100 Å². The fourth-order valence-corrected chi connectivity index (χ4v) is 1.63. The number of hydrogen-bond donors (Lipinski definition) is 3.